The van der Waals surface area contributed by atoms with E-state index in [4.69, 9.17) is 11.6 Å². The van der Waals surface area contributed by atoms with E-state index in [0.717, 1.165) is 4.57 Å². The van der Waals surface area contributed by atoms with Crippen LogP contribution in [0.4, 0.5) is 8.78 Å². The molecule has 2 amide bonds. The van der Waals surface area contributed by atoms with Gasteiger partial charge in [0.1, 0.15) is 0 Å². The van der Waals surface area contributed by atoms with Crippen LogP contribution in [0.5, 0.6) is 0 Å². The van der Waals surface area contributed by atoms with Gasteiger partial charge in [0, 0.05) is 23.7 Å². The third-order valence-corrected chi connectivity index (χ3v) is 5.71. The number of hydrogen-bond donors (Lipinski definition) is 1. The second kappa shape index (κ2) is 8.43. The highest BCUT2D eigenvalue weighted by molar-refractivity contribution is 6.34. The van der Waals surface area contributed by atoms with Gasteiger partial charge in [0.25, 0.3) is 12.0 Å². The molecule has 1 N–H and O–H groups in total. The van der Waals surface area contributed by atoms with E-state index >= 15 is 0 Å². The van der Waals surface area contributed by atoms with Crippen LogP contribution in [0.15, 0.2) is 65.5 Å². The number of piperidine rings is 1. The predicted molar refractivity (Wildman–Crippen MR) is 113 cm³/mol. The van der Waals surface area contributed by atoms with Crippen LogP contribution < -0.4 is 10.9 Å². The molecule has 0 radical (unpaired) electrons. The summed E-state index contributed by atoms with van der Waals surface area (Å²) < 4.78 is 27.6. The molecule has 8 heteroatoms. The van der Waals surface area contributed by atoms with Gasteiger partial charge < -0.3 is 0 Å². The number of imide groups is 1. The number of nitrogens with one attached hydrogen (secondary N) is 1. The van der Waals surface area contributed by atoms with Crippen LogP contribution in [0.2, 0.25) is 5.02 Å². The van der Waals surface area contributed by atoms with Crippen molar-refractivity contribution in [3.63, 3.8) is 0 Å². The SMILES string of the molecule is O=C1CC[C@H](c2cccc(-c3ccc(-n4c(C(F)F)cccc4=O)cc3)c2Cl)C(=O)N1. The maximum Gasteiger partial charge on any atom is 0.278 e. The summed E-state index contributed by atoms with van der Waals surface area (Å²) in [4.78, 5) is 35.8. The Morgan fingerprint density at radius 3 is 2.35 bits per heavy atom. The number of benzene rings is 2. The lowest BCUT2D eigenvalue weighted by molar-refractivity contribution is -0.134. The number of hydrogen-bond acceptors (Lipinski definition) is 3. The molecule has 1 saturated heterocycles. The second-order valence-electron chi connectivity index (χ2n) is 7.18. The first-order valence-electron chi connectivity index (χ1n) is 9.60. The van der Waals surface area contributed by atoms with Crippen molar-refractivity contribution < 1.29 is 18.4 Å². The fourth-order valence-electron chi connectivity index (χ4n) is 3.77. The topological polar surface area (TPSA) is 68.2 Å². The van der Waals surface area contributed by atoms with Crippen molar-refractivity contribution in [3.8, 4) is 16.8 Å². The van der Waals surface area contributed by atoms with Crippen LogP contribution in [0, 0.1) is 0 Å². The summed E-state index contributed by atoms with van der Waals surface area (Å²) in [6.45, 7) is 0. The van der Waals surface area contributed by atoms with E-state index < -0.39 is 23.6 Å². The highest BCUT2D eigenvalue weighted by atomic mass is 35.5. The van der Waals surface area contributed by atoms with Gasteiger partial charge in [0.2, 0.25) is 11.8 Å². The van der Waals surface area contributed by atoms with E-state index in [1.807, 2.05) is 0 Å². The first-order valence-corrected chi connectivity index (χ1v) is 9.97. The number of amides is 2. The quantitative estimate of drug-likeness (QED) is 0.600. The van der Waals surface area contributed by atoms with Crippen LogP contribution >= 0.6 is 11.6 Å². The highest BCUT2D eigenvalue weighted by Crippen LogP contribution is 2.37. The van der Waals surface area contributed by atoms with Gasteiger partial charge in [-0.15, -0.1) is 0 Å². The lowest BCUT2D eigenvalue weighted by Gasteiger charge is -2.23. The number of nitrogens with zero attached hydrogens (tertiary/aromatic N) is 1. The zero-order chi connectivity index (χ0) is 22.1. The molecule has 0 aliphatic carbocycles. The molecule has 3 aromatic rings. The Morgan fingerprint density at radius 1 is 0.968 bits per heavy atom. The van der Waals surface area contributed by atoms with Crippen molar-refractivity contribution in [1.29, 1.82) is 0 Å². The molecule has 0 saturated carbocycles. The summed E-state index contributed by atoms with van der Waals surface area (Å²) in [6.07, 6.45) is -2.18. The van der Waals surface area contributed by atoms with Crippen molar-refractivity contribution in [3.05, 3.63) is 87.3 Å². The Kier molecular flexibility index (Phi) is 5.69. The number of rotatable bonds is 4. The minimum atomic E-state index is -2.80. The van der Waals surface area contributed by atoms with E-state index in [-0.39, 0.29) is 18.2 Å². The van der Waals surface area contributed by atoms with E-state index in [0.29, 0.717) is 33.8 Å². The van der Waals surface area contributed by atoms with Crippen molar-refractivity contribution in [2.45, 2.75) is 25.2 Å². The summed E-state index contributed by atoms with van der Waals surface area (Å²) in [6, 6.07) is 15.5. The van der Waals surface area contributed by atoms with E-state index in [1.54, 1.807) is 42.5 Å². The highest BCUT2D eigenvalue weighted by Gasteiger charge is 2.30. The van der Waals surface area contributed by atoms with Crippen LogP contribution in [-0.2, 0) is 9.59 Å². The number of alkyl halides is 2. The van der Waals surface area contributed by atoms with Crippen molar-refractivity contribution in [1.82, 2.24) is 9.88 Å². The normalized spacial score (nSPS) is 16.5. The van der Waals surface area contributed by atoms with Gasteiger partial charge in [-0.05, 0) is 35.7 Å². The van der Waals surface area contributed by atoms with Gasteiger partial charge in [-0.2, -0.15) is 0 Å². The van der Waals surface area contributed by atoms with Crippen LogP contribution in [0.25, 0.3) is 16.8 Å². The molecule has 0 bridgehead atoms. The Bertz CT molecular complexity index is 1220. The Labute approximate surface area is 181 Å². The van der Waals surface area contributed by atoms with E-state index in [9.17, 15) is 23.2 Å². The molecule has 2 heterocycles. The molecule has 1 fully saturated rings. The van der Waals surface area contributed by atoms with Crippen molar-refractivity contribution in [2.24, 2.45) is 0 Å². The third-order valence-electron chi connectivity index (χ3n) is 5.29. The number of carbonyl (C=O) groups excluding carboxylic acids is 2. The smallest absolute Gasteiger partial charge is 0.278 e. The largest absolute Gasteiger partial charge is 0.296 e. The van der Waals surface area contributed by atoms with Gasteiger partial charge in [0.15, 0.2) is 0 Å². The van der Waals surface area contributed by atoms with Gasteiger partial charge in [-0.1, -0.05) is 48.0 Å². The molecule has 31 heavy (non-hydrogen) atoms. The molecule has 5 nitrogen and oxygen atoms in total. The third kappa shape index (κ3) is 4.01. The summed E-state index contributed by atoms with van der Waals surface area (Å²) >= 11 is 6.61. The molecule has 1 aliphatic rings. The minimum absolute atomic E-state index is 0.240. The Hall–Kier alpha value is -3.32. The summed E-state index contributed by atoms with van der Waals surface area (Å²) in [5, 5.41) is 2.71. The second-order valence-corrected chi connectivity index (χ2v) is 7.56. The molecule has 2 aromatic carbocycles. The first-order chi connectivity index (χ1) is 14.9. The zero-order valence-electron chi connectivity index (χ0n) is 16.1. The zero-order valence-corrected chi connectivity index (χ0v) is 16.9. The Morgan fingerprint density at radius 2 is 1.68 bits per heavy atom. The lowest BCUT2D eigenvalue weighted by atomic mass is 9.88. The van der Waals surface area contributed by atoms with Gasteiger partial charge in [-0.25, -0.2) is 8.78 Å². The average Bonchev–Trinajstić information content (AvgIpc) is 2.74. The Balaban J connectivity index is 1.71. The molecule has 4 rings (SSSR count). The maximum absolute atomic E-state index is 13.3. The standard InChI is InChI=1S/C23H17ClF2N2O3/c24-21-15(3-1-4-16(21)17-11-12-19(29)27-23(17)31)13-7-9-14(10-8-13)28-18(22(25)26)5-2-6-20(28)30/h1-10,17,22H,11-12H2,(H,27,29,31)/t17-/m1/s1. The van der Waals surface area contributed by atoms with Gasteiger partial charge >= 0.3 is 0 Å². The number of halogens is 3. The van der Waals surface area contributed by atoms with E-state index in [1.165, 1.54) is 18.2 Å². The van der Waals surface area contributed by atoms with Crippen LogP contribution in [0.1, 0.15) is 36.4 Å². The predicted octanol–water partition coefficient (Wildman–Crippen LogP) is 4.62. The van der Waals surface area contributed by atoms with Crippen LogP contribution in [-0.4, -0.2) is 16.4 Å². The summed E-state index contributed by atoms with van der Waals surface area (Å²) in [5.41, 5.74) is 1.34. The van der Waals surface area contributed by atoms with Gasteiger partial charge in [0.05, 0.1) is 16.6 Å². The molecule has 1 aromatic heterocycles. The van der Waals surface area contributed by atoms with Crippen molar-refractivity contribution in [2.75, 3.05) is 0 Å². The van der Waals surface area contributed by atoms with Crippen LogP contribution in [0.3, 0.4) is 0 Å². The molecular formula is C23H17ClF2N2O3. The fourth-order valence-corrected chi connectivity index (χ4v) is 4.14. The fraction of sp³-hybridized carbons (Fsp3) is 0.174. The molecular weight excluding hydrogens is 426 g/mol. The van der Waals surface area contributed by atoms with E-state index in [2.05, 4.69) is 5.32 Å². The molecule has 158 valence electrons. The lowest BCUT2D eigenvalue weighted by Crippen LogP contribution is -2.39. The number of carbonyl (C=O) groups is 2. The molecule has 1 aliphatic heterocycles. The number of aromatic nitrogens is 1. The van der Waals surface area contributed by atoms with Gasteiger partial charge in [-0.3, -0.25) is 24.3 Å². The van der Waals surface area contributed by atoms with Crippen molar-refractivity contribution >= 4 is 23.4 Å². The monoisotopic (exact) mass is 442 g/mol. The minimum Gasteiger partial charge on any atom is -0.296 e. The molecule has 0 spiro atoms. The molecule has 0 unspecified atom stereocenters. The summed E-state index contributed by atoms with van der Waals surface area (Å²) in [5.74, 6) is -1.21. The average molecular weight is 443 g/mol. The maximum atomic E-state index is 13.3. The summed E-state index contributed by atoms with van der Waals surface area (Å²) in [7, 11) is 0. The first kappa shape index (κ1) is 20.9. The molecule has 1 atom stereocenters. The number of pyridine rings is 1.